The van der Waals surface area contributed by atoms with Gasteiger partial charge in [-0.2, -0.15) is 0 Å². The van der Waals surface area contributed by atoms with E-state index in [2.05, 4.69) is 0 Å². The monoisotopic (exact) mass is 358 g/mol. The number of benzene rings is 2. The normalized spacial score (nSPS) is 15.8. The summed E-state index contributed by atoms with van der Waals surface area (Å²) < 4.78 is 27.7. The number of nitrogens with zero attached hydrogens (tertiary/aromatic N) is 2. The Kier molecular flexibility index (Phi) is 5.67. The number of piperidine rings is 1. The highest BCUT2D eigenvalue weighted by Gasteiger charge is 2.28. The number of amides is 1. The van der Waals surface area contributed by atoms with Crippen molar-refractivity contribution in [1.29, 1.82) is 0 Å². The second kappa shape index (κ2) is 7.96. The van der Waals surface area contributed by atoms with Crippen molar-refractivity contribution in [2.24, 2.45) is 0 Å². The Labute approximate surface area is 153 Å². The molecule has 1 amide bonds. The average molecular weight is 358 g/mol. The van der Waals surface area contributed by atoms with E-state index in [1.54, 1.807) is 6.92 Å². The zero-order chi connectivity index (χ0) is 18.7. The topological polar surface area (TPSA) is 23.6 Å². The molecule has 5 heteroatoms. The van der Waals surface area contributed by atoms with Crippen LogP contribution in [0.2, 0.25) is 0 Å². The van der Waals surface area contributed by atoms with Gasteiger partial charge in [0, 0.05) is 43.9 Å². The van der Waals surface area contributed by atoms with Crippen molar-refractivity contribution in [1.82, 2.24) is 4.90 Å². The smallest absolute Gasteiger partial charge is 0.224 e. The highest BCUT2D eigenvalue weighted by Crippen LogP contribution is 2.26. The maximum atomic E-state index is 13.9. The van der Waals surface area contributed by atoms with Gasteiger partial charge in [0.05, 0.1) is 0 Å². The van der Waals surface area contributed by atoms with E-state index in [4.69, 9.17) is 0 Å². The summed E-state index contributed by atoms with van der Waals surface area (Å²) in [5.74, 6) is -0.985. The quantitative estimate of drug-likeness (QED) is 0.814. The Hall–Kier alpha value is -2.27. The first kappa shape index (κ1) is 18.5. The van der Waals surface area contributed by atoms with Gasteiger partial charge in [-0.05, 0) is 44.0 Å². The van der Waals surface area contributed by atoms with E-state index in [9.17, 15) is 13.6 Å². The van der Waals surface area contributed by atoms with Crippen LogP contribution in [0.15, 0.2) is 42.5 Å². The van der Waals surface area contributed by atoms with Gasteiger partial charge in [-0.3, -0.25) is 9.69 Å². The molecule has 0 radical (unpaired) electrons. The van der Waals surface area contributed by atoms with E-state index in [-0.39, 0.29) is 24.1 Å². The van der Waals surface area contributed by atoms with Crippen LogP contribution in [0.1, 0.15) is 30.9 Å². The summed E-state index contributed by atoms with van der Waals surface area (Å²) >= 11 is 0. The standard InChI is InChI=1S/C21H24F2N2O/c1-15-6-8-17(9-7-15)25(16(2)26)18-10-12-24(13-11-18)14-19-20(22)4-3-5-21(19)23/h3-9,18H,10-14H2,1-2H3. The number of anilines is 1. The molecule has 0 aromatic heterocycles. The van der Waals surface area contributed by atoms with Crippen LogP contribution in [0.25, 0.3) is 0 Å². The van der Waals surface area contributed by atoms with Crippen molar-refractivity contribution in [3.05, 3.63) is 65.2 Å². The molecule has 2 aromatic carbocycles. The summed E-state index contributed by atoms with van der Waals surface area (Å²) in [5.41, 5.74) is 2.17. The fraction of sp³-hybridized carbons (Fsp3) is 0.381. The third-order valence-corrected chi connectivity index (χ3v) is 5.02. The van der Waals surface area contributed by atoms with Crippen LogP contribution in [0.4, 0.5) is 14.5 Å². The zero-order valence-electron chi connectivity index (χ0n) is 15.2. The van der Waals surface area contributed by atoms with Crippen LogP contribution in [-0.4, -0.2) is 29.9 Å². The maximum absolute atomic E-state index is 13.9. The minimum Gasteiger partial charge on any atom is -0.310 e. The fourth-order valence-electron chi connectivity index (χ4n) is 3.60. The van der Waals surface area contributed by atoms with Gasteiger partial charge < -0.3 is 4.90 Å². The number of hydrogen-bond acceptors (Lipinski definition) is 2. The van der Waals surface area contributed by atoms with E-state index in [1.165, 1.54) is 18.2 Å². The number of likely N-dealkylation sites (tertiary alicyclic amines) is 1. The van der Waals surface area contributed by atoms with Crippen molar-refractivity contribution in [3.63, 3.8) is 0 Å². The summed E-state index contributed by atoms with van der Waals surface area (Å²) in [6.07, 6.45) is 1.56. The lowest BCUT2D eigenvalue weighted by atomic mass is 10.0. The Morgan fingerprint density at radius 2 is 1.65 bits per heavy atom. The molecule has 1 fully saturated rings. The molecular weight excluding hydrogens is 334 g/mol. The molecule has 1 heterocycles. The minimum absolute atomic E-state index is 0.0208. The lowest BCUT2D eigenvalue weighted by Gasteiger charge is -2.38. The molecule has 0 aliphatic carbocycles. The van der Waals surface area contributed by atoms with Gasteiger partial charge >= 0.3 is 0 Å². The molecular formula is C21H24F2N2O. The van der Waals surface area contributed by atoms with Crippen LogP contribution in [0, 0.1) is 18.6 Å². The van der Waals surface area contributed by atoms with Crippen molar-refractivity contribution in [2.75, 3.05) is 18.0 Å². The van der Waals surface area contributed by atoms with Crippen LogP contribution >= 0.6 is 0 Å². The Bertz CT molecular complexity index is 748. The van der Waals surface area contributed by atoms with E-state index in [1.807, 2.05) is 41.0 Å². The van der Waals surface area contributed by atoms with E-state index < -0.39 is 11.6 Å². The van der Waals surface area contributed by atoms with Gasteiger partial charge in [0.15, 0.2) is 0 Å². The molecule has 26 heavy (non-hydrogen) atoms. The summed E-state index contributed by atoms with van der Waals surface area (Å²) in [5, 5.41) is 0. The van der Waals surface area contributed by atoms with Crippen LogP contribution in [0.5, 0.6) is 0 Å². The molecule has 1 aliphatic heterocycles. The van der Waals surface area contributed by atoms with Crippen molar-refractivity contribution in [3.8, 4) is 0 Å². The Morgan fingerprint density at radius 3 is 2.19 bits per heavy atom. The molecule has 0 N–H and O–H groups in total. The maximum Gasteiger partial charge on any atom is 0.224 e. The molecule has 0 bridgehead atoms. The molecule has 1 saturated heterocycles. The highest BCUT2D eigenvalue weighted by molar-refractivity contribution is 5.92. The Balaban J connectivity index is 1.66. The molecule has 0 spiro atoms. The molecule has 3 rings (SSSR count). The van der Waals surface area contributed by atoms with Gasteiger partial charge in [0.1, 0.15) is 11.6 Å². The number of halogens is 2. The average Bonchev–Trinajstić information content (AvgIpc) is 2.61. The van der Waals surface area contributed by atoms with Crippen LogP contribution in [0.3, 0.4) is 0 Å². The molecule has 0 atom stereocenters. The van der Waals surface area contributed by atoms with Gasteiger partial charge in [-0.1, -0.05) is 23.8 Å². The van der Waals surface area contributed by atoms with E-state index >= 15 is 0 Å². The third kappa shape index (κ3) is 4.10. The van der Waals surface area contributed by atoms with Crippen molar-refractivity contribution in [2.45, 2.75) is 39.3 Å². The first-order valence-corrected chi connectivity index (χ1v) is 8.97. The van der Waals surface area contributed by atoms with Crippen molar-refractivity contribution < 1.29 is 13.6 Å². The first-order chi connectivity index (χ1) is 12.5. The summed E-state index contributed by atoms with van der Waals surface area (Å²) in [6.45, 7) is 5.27. The van der Waals surface area contributed by atoms with Gasteiger partial charge in [-0.15, -0.1) is 0 Å². The van der Waals surface area contributed by atoms with Gasteiger partial charge in [0.25, 0.3) is 0 Å². The van der Waals surface area contributed by atoms with E-state index in [0.717, 1.165) is 24.1 Å². The lowest BCUT2D eigenvalue weighted by molar-refractivity contribution is -0.117. The lowest BCUT2D eigenvalue weighted by Crippen LogP contribution is -2.46. The number of aryl methyl sites for hydroxylation is 1. The summed E-state index contributed by atoms with van der Waals surface area (Å²) in [7, 11) is 0. The van der Waals surface area contributed by atoms with Gasteiger partial charge in [0.2, 0.25) is 5.91 Å². The van der Waals surface area contributed by atoms with Crippen LogP contribution in [-0.2, 0) is 11.3 Å². The minimum atomic E-state index is -0.503. The predicted molar refractivity (Wildman–Crippen MR) is 99.0 cm³/mol. The molecule has 138 valence electrons. The molecule has 0 unspecified atom stereocenters. The fourth-order valence-corrected chi connectivity index (χ4v) is 3.60. The zero-order valence-corrected chi connectivity index (χ0v) is 15.2. The third-order valence-electron chi connectivity index (χ3n) is 5.02. The summed E-state index contributed by atoms with van der Waals surface area (Å²) in [6, 6.07) is 12.0. The Morgan fingerprint density at radius 1 is 1.08 bits per heavy atom. The largest absolute Gasteiger partial charge is 0.310 e. The molecule has 1 aliphatic rings. The second-order valence-electron chi connectivity index (χ2n) is 6.93. The molecule has 3 nitrogen and oxygen atoms in total. The number of carbonyl (C=O) groups excluding carboxylic acids is 1. The predicted octanol–water partition coefficient (Wildman–Crippen LogP) is 4.29. The molecule has 2 aromatic rings. The second-order valence-corrected chi connectivity index (χ2v) is 6.93. The first-order valence-electron chi connectivity index (χ1n) is 8.97. The van der Waals surface area contributed by atoms with Gasteiger partial charge in [-0.25, -0.2) is 8.78 Å². The number of hydrogen-bond donors (Lipinski definition) is 0. The number of rotatable bonds is 4. The van der Waals surface area contributed by atoms with E-state index in [0.29, 0.717) is 13.1 Å². The highest BCUT2D eigenvalue weighted by atomic mass is 19.1. The van der Waals surface area contributed by atoms with Crippen LogP contribution < -0.4 is 4.90 Å². The van der Waals surface area contributed by atoms with Crippen molar-refractivity contribution >= 4 is 11.6 Å². The number of carbonyl (C=O) groups is 1. The molecule has 0 saturated carbocycles. The summed E-state index contributed by atoms with van der Waals surface area (Å²) in [4.78, 5) is 16.1. The SMILES string of the molecule is CC(=O)N(c1ccc(C)cc1)C1CCN(Cc2c(F)cccc2F)CC1.